The van der Waals surface area contributed by atoms with Crippen LogP contribution >= 0.6 is 0 Å². The number of nitrogens with one attached hydrogen (secondary N) is 1. The van der Waals surface area contributed by atoms with E-state index in [2.05, 4.69) is 5.32 Å². The quantitative estimate of drug-likeness (QED) is 0.588. The fourth-order valence-electron chi connectivity index (χ4n) is 2.62. The van der Waals surface area contributed by atoms with Crippen LogP contribution in [-0.2, 0) is 20.7 Å². The predicted octanol–water partition coefficient (Wildman–Crippen LogP) is 0.744. The van der Waals surface area contributed by atoms with E-state index in [1.165, 1.54) is 6.92 Å². The Hall–Kier alpha value is -2.35. The van der Waals surface area contributed by atoms with E-state index in [1.807, 2.05) is 0 Å². The molecule has 1 aliphatic heterocycles. The number of hydrogen-bond acceptors (Lipinski definition) is 6. The van der Waals surface area contributed by atoms with Crippen LogP contribution in [0.2, 0.25) is 5.82 Å². The third-order valence-electron chi connectivity index (χ3n) is 3.74. The van der Waals surface area contributed by atoms with Crippen LogP contribution in [-0.4, -0.2) is 43.0 Å². The third kappa shape index (κ3) is 4.35. The summed E-state index contributed by atoms with van der Waals surface area (Å²) in [6.45, 7) is 3.21. The highest BCUT2D eigenvalue weighted by Crippen LogP contribution is 2.36. The lowest BCUT2D eigenvalue weighted by Crippen LogP contribution is -2.37. The molecule has 0 saturated heterocycles. The van der Waals surface area contributed by atoms with Gasteiger partial charge in [0.05, 0.1) is 13.2 Å². The molecule has 128 valence electrons. The van der Waals surface area contributed by atoms with Crippen molar-refractivity contribution in [3.8, 4) is 5.75 Å². The number of carbonyl (C=O) groups is 3. The number of amides is 1. The lowest BCUT2D eigenvalue weighted by molar-refractivity contribution is -0.124. The highest BCUT2D eigenvalue weighted by Gasteiger charge is 2.37. The maximum Gasteiger partial charge on any atom is 0.526 e. The molecular formula is C16H20BNO6. The van der Waals surface area contributed by atoms with Gasteiger partial charge in [-0.25, -0.2) is 4.79 Å². The number of Topliss-reactive ketones (excluding diaryl/α,β-unsaturated/α-hetero) is 1. The van der Waals surface area contributed by atoms with Crippen molar-refractivity contribution in [2.24, 2.45) is 0 Å². The second-order valence-electron chi connectivity index (χ2n) is 5.64. The first-order valence-electron chi connectivity index (χ1n) is 7.82. The molecule has 1 amide bonds. The van der Waals surface area contributed by atoms with E-state index >= 15 is 0 Å². The Morgan fingerprint density at radius 2 is 2.17 bits per heavy atom. The first kappa shape index (κ1) is 18.0. The minimum atomic E-state index is -1.20. The second-order valence-corrected chi connectivity index (χ2v) is 5.64. The van der Waals surface area contributed by atoms with Crippen LogP contribution < -0.4 is 9.97 Å². The number of ether oxygens (including phenoxy) is 1. The number of carbonyl (C=O) groups excluding carboxylic acids is 3. The van der Waals surface area contributed by atoms with Gasteiger partial charge in [0.1, 0.15) is 11.3 Å². The molecule has 2 N–H and O–H groups in total. The molecule has 7 nitrogen and oxygen atoms in total. The van der Waals surface area contributed by atoms with E-state index < -0.39 is 18.9 Å². The lowest BCUT2D eigenvalue weighted by Gasteiger charge is -2.28. The van der Waals surface area contributed by atoms with Gasteiger partial charge in [0, 0.05) is 19.2 Å². The minimum absolute atomic E-state index is 0.0739. The Balaban J connectivity index is 2.10. The maximum absolute atomic E-state index is 12.0. The van der Waals surface area contributed by atoms with Gasteiger partial charge in [-0.2, -0.15) is 0 Å². The molecule has 0 aliphatic carbocycles. The molecule has 0 radical (unpaired) electrons. The van der Waals surface area contributed by atoms with Gasteiger partial charge in [-0.3, -0.25) is 9.59 Å². The van der Waals surface area contributed by atoms with Gasteiger partial charge in [-0.1, -0.05) is 12.1 Å². The van der Waals surface area contributed by atoms with Gasteiger partial charge in [0.2, 0.25) is 5.91 Å². The third-order valence-corrected chi connectivity index (χ3v) is 3.74. The molecule has 0 unspecified atom stereocenters. The number of esters is 1. The molecule has 0 saturated carbocycles. The molecule has 1 heterocycles. The maximum atomic E-state index is 12.0. The zero-order valence-electron chi connectivity index (χ0n) is 13.7. The molecule has 2 rings (SSSR count). The summed E-state index contributed by atoms with van der Waals surface area (Å²) in [6.07, 6.45) is 0.472. The fraction of sp³-hybridized carbons (Fsp3) is 0.438. The van der Waals surface area contributed by atoms with Crippen LogP contribution in [0.1, 0.15) is 36.2 Å². The van der Waals surface area contributed by atoms with Gasteiger partial charge in [-0.15, -0.1) is 0 Å². The average molecular weight is 333 g/mol. The van der Waals surface area contributed by atoms with Crippen molar-refractivity contribution in [1.82, 2.24) is 5.32 Å². The van der Waals surface area contributed by atoms with Gasteiger partial charge in [-0.05, 0) is 25.0 Å². The molecule has 1 aromatic carbocycles. The van der Waals surface area contributed by atoms with Crippen LogP contribution in [0.4, 0.5) is 0 Å². The first-order chi connectivity index (χ1) is 11.4. The molecule has 0 fully saturated rings. The van der Waals surface area contributed by atoms with Crippen molar-refractivity contribution in [3.05, 3.63) is 29.3 Å². The zero-order chi connectivity index (χ0) is 17.7. The van der Waals surface area contributed by atoms with E-state index in [0.717, 1.165) is 5.56 Å². The van der Waals surface area contributed by atoms with Crippen LogP contribution in [0.3, 0.4) is 0 Å². The predicted molar refractivity (Wildman–Crippen MR) is 86.8 cm³/mol. The molecule has 0 bridgehead atoms. The lowest BCUT2D eigenvalue weighted by atomic mass is 9.64. The number of ketones is 1. The number of benzene rings is 1. The summed E-state index contributed by atoms with van der Waals surface area (Å²) in [5.74, 6) is -1.12. The normalized spacial score (nSPS) is 16.0. The summed E-state index contributed by atoms with van der Waals surface area (Å²) < 4.78 is 10.5. The fourth-order valence-corrected chi connectivity index (χ4v) is 2.62. The first-order valence-corrected chi connectivity index (χ1v) is 7.82. The number of fused-ring (bicyclic) bond motifs is 1. The van der Waals surface area contributed by atoms with E-state index in [4.69, 9.17) is 9.39 Å². The summed E-state index contributed by atoms with van der Waals surface area (Å²) in [4.78, 5) is 34.7. The van der Waals surface area contributed by atoms with Crippen LogP contribution in [0, 0.1) is 0 Å². The van der Waals surface area contributed by atoms with E-state index in [1.54, 1.807) is 25.1 Å². The highest BCUT2D eigenvalue weighted by molar-refractivity contribution is 6.47. The topological polar surface area (TPSA) is 102 Å². The number of hydrogen-bond donors (Lipinski definition) is 2. The molecule has 1 aromatic rings. The molecule has 1 aliphatic rings. The standard InChI is InChI=1S/C16H20BNO6/c1-3-23-16(21)14-6-4-5-11-7-12(17(22)24-15(11)14)8-13(20)9-18-10(2)19/h4-6,12,22H,3,7-9H2,1-2H3,(H,18,19)/t12-/m1/s1. The molecule has 24 heavy (non-hydrogen) atoms. The monoisotopic (exact) mass is 333 g/mol. The van der Waals surface area contributed by atoms with Crippen molar-refractivity contribution in [2.75, 3.05) is 13.2 Å². The smallest absolute Gasteiger partial charge is 0.526 e. The van der Waals surface area contributed by atoms with E-state index in [9.17, 15) is 19.4 Å². The molecule has 0 aromatic heterocycles. The second kappa shape index (κ2) is 7.96. The Bertz CT molecular complexity index is 647. The number of para-hydroxylation sites is 1. The average Bonchev–Trinajstić information content (AvgIpc) is 2.53. The minimum Gasteiger partial charge on any atom is -0.535 e. The van der Waals surface area contributed by atoms with Crippen LogP contribution in [0.5, 0.6) is 5.75 Å². The summed E-state index contributed by atoms with van der Waals surface area (Å²) in [5.41, 5.74) is 1.000. The summed E-state index contributed by atoms with van der Waals surface area (Å²) >= 11 is 0. The molecule has 8 heteroatoms. The van der Waals surface area contributed by atoms with Crippen molar-refractivity contribution >= 4 is 24.8 Å². The van der Waals surface area contributed by atoms with Crippen molar-refractivity contribution in [2.45, 2.75) is 32.5 Å². The van der Waals surface area contributed by atoms with Gasteiger partial charge < -0.3 is 19.7 Å². The van der Waals surface area contributed by atoms with Gasteiger partial charge in [0.25, 0.3) is 0 Å². The highest BCUT2D eigenvalue weighted by atomic mass is 16.5. The van der Waals surface area contributed by atoms with E-state index in [0.29, 0.717) is 12.2 Å². The largest absolute Gasteiger partial charge is 0.535 e. The summed E-state index contributed by atoms with van der Waals surface area (Å²) in [7, 11) is -1.20. The molecular weight excluding hydrogens is 313 g/mol. The van der Waals surface area contributed by atoms with E-state index in [-0.39, 0.29) is 36.8 Å². The van der Waals surface area contributed by atoms with Gasteiger partial charge in [0.15, 0.2) is 5.78 Å². The van der Waals surface area contributed by atoms with Crippen molar-refractivity contribution in [3.63, 3.8) is 0 Å². The number of rotatable bonds is 6. The van der Waals surface area contributed by atoms with Crippen LogP contribution in [0.25, 0.3) is 0 Å². The Labute approximate surface area is 140 Å². The molecule has 0 spiro atoms. The van der Waals surface area contributed by atoms with Crippen molar-refractivity contribution < 1.29 is 28.8 Å². The Morgan fingerprint density at radius 3 is 2.83 bits per heavy atom. The Kier molecular flexibility index (Phi) is 5.97. The summed E-state index contributed by atoms with van der Waals surface area (Å²) in [6, 6.07) is 5.07. The van der Waals surface area contributed by atoms with Crippen LogP contribution in [0.15, 0.2) is 18.2 Å². The zero-order valence-corrected chi connectivity index (χ0v) is 13.7. The van der Waals surface area contributed by atoms with Gasteiger partial charge >= 0.3 is 13.1 Å². The summed E-state index contributed by atoms with van der Waals surface area (Å²) in [5, 5.41) is 12.6. The van der Waals surface area contributed by atoms with Crippen molar-refractivity contribution in [1.29, 1.82) is 0 Å². The molecule has 1 atom stereocenters. The Morgan fingerprint density at radius 1 is 1.42 bits per heavy atom. The SMILES string of the molecule is CCOC(=O)c1cccc2c1OB(O)[C@@H](CC(=O)CNC(C)=O)C2.